The van der Waals surface area contributed by atoms with Gasteiger partial charge in [0.1, 0.15) is 0 Å². The number of allylic oxidation sites excluding steroid dienone is 1. The summed E-state index contributed by atoms with van der Waals surface area (Å²) in [6, 6.07) is 7.66. The van der Waals surface area contributed by atoms with Crippen LogP contribution in [0.5, 0.6) is 0 Å². The van der Waals surface area contributed by atoms with Crippen molar-refractivity contribution in [2.45, 2.75) is 31.6 Å². The lowest BCUT2D eigenvalue weighted by Gasteiger charge is -2.13. The molecule has 0 aliphatic heterocycles. The fourth-order valence-corrected chi connectivity index (χ4v) is 3.12. The number of aliphatic hydroxyl groups is 1. The molecule has 0 radical (unpaired) electrons. The van der Waals surface area contributed by atoms with Gasteiger partial charge in [-0.25, -0.2) is 0 Å². The summed E-state index contributed by atoms with van der Waals surface area (Å²) in [5.74, 6) is 3.30. The van der Waals surface area contributed by atoms with Gasteiger partial charge in [0.05, 0.1) is 24.2 Å². The van der Waals surface area contributed by atoms with Gasteiger partial charge in [-0.1, -0.05) is 18.7 Å². The minimum Gasteiger partial charge on any atom is -0.498 e. The van der Waals surface area contributed by atoms with Crippen molar-refractivity contribution in [1.82, 2.24) is 15.1 Å². The Bertz CT molecular complexity index is 701. The van der Waals surface area contributed by atoms with Crippen LogP contribution in [0.3, 0.4) is 0 Å². The van der Waals surface area contributed by atoms with Gasteiger partial charge in [-0.3, -0.25) is 0 Å². The molecule has 0 saturated heterocycles. The van der Waals surface area contributed by atoms with Gasteiger partial charge in [0.25, 0.3) is 0 Å². The van der Waals surface area contributed by atoms with Gasteiger partial charge in [-0.15, -0.1) is 22.0 Å². The lowest BCUT2D eigenvalue weighted by molar-refractivity contribution is 0.160. The molecule has 27 heavy (non-hydrogen) atoms. The second-order valence-electron chi connectivity index (χ2n) is 6.69. The highest BCUT2D eigenvalue weighted by Crippen LogP contribution is 2.24. The van der Waals surface area contributed by atoms with E-state index in [2.05, 4.69) is 21.7 Å². The van der Waals surface area contributed by atoms with Crippen LogP contribution in [0.25, 0.3) is 11.5 Å². The number of rotatable bonds is 12. The van der Waals surface area contributed by atoms with Gasteiger partial charge < -0.3 is 19.2 Å². The number of hydrogen-bond donors (Lipinski definition) is 1. The Morgan fingerprint density at radius 2 is 2.04 bits per heavy atom. The maximum atomic E-state index is 10.3. The molecule has 7 heteroatoms. The second-order valence-corrected chi connectivity index (χ2v) is 7.79. The number of hydrogen-bond acceptors (Lipinski definition) is 7. The van der Waals surface area contributed by atoms with Crippen molar-refractivity contribution >= 4 is 11.8 Å². The summed E-state index contributed by atoms with van der Waals surface area (Å²) in [7, 11) is 4.07. The van der Waals surface area contributed by atoms with Gasteiger partial charge in [0.2, 0.25) is 11.8 Å². The average molecular weight is 392 g/mol. The summed E-state index contributed by atoms with van der Waals surface area (Å²) in [5, 5.41) is 18.5. The van der Waals surface area contributed by atoms with Gasteiger partial charge in [0.15, 0.2) is 0 Å². The predicted molar refractivity (Wildman–Crippen MR) is 109 cm³/mol. The van der Waals surface area contributed by atoms with E-state index in [9.17, 15) is 5.11 Å². The molecule has 0 bridgehead atoms. The fourth-order valence-electron chi connectivity index (χ4n) is 2.48. The largest absolute Gasteiger partial charge is 0.498 e. The average Bonchev–Trinajstić information content (AvgIpc) is 3.10. The molecule has 0 aliphatic carbocycles. The summed E-state index contributed by atoms with van der Waals surface area (Å²) in [4.78, 5) is 2.12. The first-order chi connectivity index (χ1) is 13.0. The van der Waals surface area contributed by atoms with Crippen molar-refractivity contribution in [1.29, 1.82) is 0 Å². The van der Waals surface area contributed by atoms with Crippen LogP contribution in [0.15, 0.2) is 41.0 Å². The fraction of sp³-hybridized carbons (Fsp3) is 0.500. The first-order valence-corrected chi connectivity index (χ1v) is 10.2. The van der Waals surface area contributed by atoms with Crippen LogP contribution in [0.2, 0.25) is 0 Å². The van der Waals surface area contributed by atoms with Crippen LogP contribution < -0.4 is 0 Å². The number of benzene rings is 1. The quantitative estimate of drug-likeness (QED) is 0.435. The van der Waals surface area contributed by atoms with E-state index in [1.807, 2.05) is 45.3 Å². The minimum atomic E-state index is -0.449. The van der Waals surface area contributed by atoms with Crippen molar-refractivity contribution in [3.8, 4) is 11.5 Å². The Morgan fingerprint density at radius 1 is 1.30 bits per heavy atom. The highest BCUT2D eigenvalue weighted by molar-refractivity contribution is 7.98. The molecule has 1 N–H and O–H groups in total. The van der Waals surface area contributed by atoms with Gasteiger partial charge in [-0.2, -0.15) is 0 Å². The summed E-state index contributed by atoms with van der Waals surface area (Å²) in [6.07, 6.45) is 1.25. The molecule has 148 valence electrons. The molecule has 1 unspecified atom stereocenters. The number of ether oxygens (including phenoxy) is 1. The molecular weight excluding hydrogens is 362 g/mol. The van der Waals surface area contributed by atoms with Crippen LogP contribution in [0.4, 0.5) is 0 Å². The normalized spacial score (nSPS) is 12.3. The van der Waals surface area contributed by atoms with Crippen LogP contribution in [0, 0.1) is 0 Å². The molecule has 0 saturated carbocycles. The van der Waals surface area contributed by atoms with E-state index in [4.69, 9.17) is 9.15 Å². The first-order valence-electron chi connectivity index (χ1n) is 9.07. The molecule has 2 aromatic rings. The minimum absolute atomic E-state index is 0.449. The van der Waals surface area contributed by atoms with E-state index in [1.54, 1.807) is 11.8 Å². The van der Waals surface area contributed by atoms with Crippen molar-refractivity contribution in [2.24, 2.45) is 0 Å². The molecule has 6 nitrogen and oxygen atoms in total. The van der Waals surface area contributed by atoms with Crippen molar-refractivity contribution in [2.75, 3.05) is 33.0 Å². The van der Waals surface area contributed by atoms with Crippen LogP contribution in [-0.2, 0) is 10.5 Å². The number of thioether (sulfide) groups is 1. The molecule has 0 aliphatic rings. The zero-order chi connectivity index (χ0) is 19.6. The Labute approximate surface area is 165 Å². The monoisotopic (exact) mass is 391 g/mol. The van der Waals surface area contributed by atoms with Crippen LogP contribution >= 0.6 is 11.8 Å². The second kappa shape index (κ2) is 11.1. The van der Waals surface area contributed by atoms with E-state index in [0.29, 0.717) is 24.1 Å². The highest BCUT2D eigenvalue weighted by atomic mass is 32.2. The Morgan fingerprint density at radius 3 is 2.70 bits per heavy atom. The molecule has 1 aromatic heterocycles. The SMILES string of the molecule is C=C(C)OCCSCc1nnc(-c2ccc(C(O)CCCN(C)C)cc2)o1. The maximum absolute atomic E-state index is 10.3. The Hall–Kier alpha value is -1.83. The van der Waals surface area contributed by atoms with E-state index >= 15 is 0 Å². The van der Waals surface area contributed by atoms with Gasteiger partial charge in [-0.05, 0) is 58.1 Å². The summed E-state index contributed by atoms with van der Waals surface area (Å²) >= 11 is 1.67. The summed E-state index contributed by atoms with van der Waals surface area (Å²) in [5.41, 5.74) is 1.76. The molecular formula is C20H29N3O3S. The van der Waals surface area contributed by atoms with Crippen molar-refractivity contribution in [3.63, 3.8) is 0 Å². The Kier molecular flexibility index (Phi) is 8.84. The van der Waals surface area contributed by atoms with Gasteiger partial charge in [0, 0.05) is 11.3 Å². The van der Waals surface area contributed by atoms with Crippen molar-refractivity contribution < 1.29 is 14.3 Å². The lowest BCUT2D eigenvalue weighted by atomic mass is 10.0. The zero-order valence-corrected chi connectivity index (χ0v) is 17.2. The van der Waals surface area contributed by atoms with Crippen LogP contribution in [-0.4, -0.2) is 53.2 Å². The summed E-state index contributed by atoms with van der Waals surface area (Å²) < 4.78 is 11.0. The smallest absolute Gasteiger partial charge is 0.247 e. The van der Waals surface area contributed by atoms with E-state index in [0.717, 1.165) is 42.0 Å². The standard InChI is InChI=1S/C20H29N3O3S/c1-15(2)25-12-13-27-14-19-21-22-20(26-19)17-9-7-16(8-10-17)18(24)6-5-11-23(3)4/h7-10,18,24H,1,5-6,11-14H2,2-4H3. The molecule has 0 amide bonds. The topological polar surface area (TPSA) is 71.6 Å². The van der Waals surface area contributed by atoms with Crippen molar-refractivity contribution in [3.05, 3.63) is 48.1 Å². The molecule has 0 spiro atoms. The van der Waals surface area contributed by atoms with E-state index in [-0.39, 0.29) is 0 Å². The predicted octanol–water partition coefficient (Wildman–Crippen LogP) is 3.90. The molecule has 0 fully saturated rings. The Balaban J connectivity index is 1.82. The molecule has 1 heterocycles. The summed E-state index contributed by atoms with van der Waals surface area (Å²) in [6.45, 7) is 7.13. The third kappa shape index (κ3) is 7.74. The van der Waals surface area contributed by atoms with Gasteiger partial charge >= 0.3 is 0 Å². The third-order valence-corrected chi connectivity index (χ3v) is 4.80. The van der Waals surface area contributed by atoms with E-state index in [1.165, 1.54) is 0 Å². The first kappa shape index (κ1) is 21.5. The number of aromatic nitrogens is 2. The molecule has 2 rings (SSSR count). The lowest BCUT2D eigenvalue weighted by Crippen LogP contribution is -2.13. The number of nitrogens with zero attached hydrogens (tertiary/aromatic N) is 3. The van der Waals surface area contributed by atoms with Crippen LogP contribution in [0.1, 0.15) is 37.3 Å². The maximum Gasteiger partial charge on any atom is 0.247 e. The number of aliphatic hydroxyl groups excluding tert-OH is 1. The van der Waals surface area contributed by atoms with E-state index < -0.39 is 6.10 Å². The molecule has 1 aromatic carbocycles. The zero-order valence-electron chi connectivity index (χ0n) is 16.4. The third-order valence-electron chi connectivity index (χ3n) is 3.89. The highest BCUT2D eigenvalue weighted by Gasteiger charge is 2.11. The molecule has 1 atom stereocenters.